The largest absolute Gasteiger partial charge is 0.496 e. The normalized spacial score (nSPS) is 29.3. The second-order valence-corrected chi connectivity index (χ2v) is 4.44. The molecule has 3 nitrogen and oxygen atoms in total. The van der Waals surface area contributed by atoms with E-state index in [2.05, 4.69) is 24.4 Å². The van der Waals surface area contributed by atoms with Gasteiger partial charge in [-0.3, -0.25) is 5.32 Å². The average molecular weight is 217 g/mol. The van der Waals surface area contributed by atoms with Gasteiger partial charge in [0.25, 0.3) is 0 Å². The molecule has 0 amide bonds. The Hall–Kier alpha value is -1.48. The van der Waals surface area contributed by atoms with Crippen LogP contribution in [0.25, 0.3) is 0 Å². The van der Waals surface area contributed by atoms with Crippen LogP contribution in [0.1, 0.15) is 24.1 Å². The first-order chi connectivity index (χ1) is 7.69. The predicted molar refractivity (Wildman–Crippen MR) is 61.9 cm³/mol. The van der Waals surface area contributed by atoms with Crippen molar-refractivity contribution in [1.82, 2.24) is 5.32 Å². The highest BCUT2D eigenvalue weighted by molar-refractivity contribution is 5.62. The maximum atomic E-state index is 5.44. The molecule has 16 heavy (non-hydrogen) atoms. The van der Waals surface area contributed by atoms with E-state index in [1.165, 1.54) is 11.1 Å². The van der Waals surface area contributed by atoms with E-state index in [4.69, 9.17) is 9.47 Å². The van der Waals surface area contributed by atoms with Gasteiger partial charge in [0.05, 0.1) is 25.8 Å². The van der Waals surface area contributed by atoms with Gasteiger partial charge < -0.3 is 9.47 Å². The molecule has 0 aromatic heterocycles. The van der Waals surface area contributed by atoms with Crippen molar-refractivity contribution in [2.24, 2.45) is 0 Å². The highest BCUT2D eigenvalue weighted by Gasteiger charge is 2.45. The molecule has 0 aliphatic carbocycles. The van der Waals surface area contributed by atoms with Crippen LogP contribution in [-0.4, -0.2) is 14.2 Å². The van der Waals surface area contributed by atoms with E-state index < -0.39 is 0 Å². The standard InChI is InChI=1S/C13H15NO2/c1-13-7-6-8(14-13)11-9(15-2)4-5-10(16-3)12(11)13/h4-8,14H,1-3H3. The van der Waals surface area contributed by atoms with E-state index in [0.29, 0.717) is 0 Å². The summed E-state index contributed by atoms with van der Waals surface area (Å²) in [7, 11) is 3.42. The van der Waals surface area contributed by atoms with Gasteiger partial charge in [0.1, 0.15) is 11.5 Å². The van der Waals surface area contributed by atoms with Gasteiger partial charge in [-0.15, -0.1) is 0 Å². The average Bonchev–Trinajstić information content (AvgIpc) is 2.82. The second-order valence-electron chi connectivity index (χ2n) is 4.44. The van der Waals surface area contributed by atoms with E-state index in [1.807, 2.05) is 12.1 Å². The van der Waals surface area contributed by atoms with Gasteiger partial charge in [0.2, 0.25) is 0 Å². The third kappa shape index (κ3) is 1.01. The predicted octanol–water partition coefficient (Wildman–Crippen LogP) is 2.13. The summed E-state index contributed by atoms with van der Waals surface area (Å²) in [6.45, 7) is 2.16. The molecule has 0 spiro atoms. The molecule has 2 unspecified atom stereocenters. The zero-order valence-corrected chi connectivity index (χ0v) is 9.70. The number of hydrogen-bond donors (Lipinski definition) is 1. The lowest BCUT2D eigenvalue weighted by molar-refractivity contribution is 0.390. The number of hydrogen-bond acceptors (Lipinski definition) is 3. The minimum atomic E-state index is -0.111. The molecule has 1 aromatic rings. The van der Waals surface area contributed by atoms with E-state index in [9.17, 15) is 0 Å². The van der Waals surface area contributed by atoms with Crippen molar-refractivity contribution < 1.29 is 9.47 Å². The summed E-state index contributed by atoms with van der Waals surface area (Å²) in [6, 6.07) is 4.20. The molecule has 84 valence electrons. The van der Waals surface area contributed by atoms with Crippen LogP contribution in [0.3, 0.4) is 0 Å². The first-order valence-electron chi connectivity index (χ1n) is 5.42. The van der Waals surface area contributed by atoms with Crippen LogP contribution in [0.2, 0.25) is 0 Å². The summed E-state index contributed by atoms with van der Waals surface area (Å²) in [5, 5.41) is 3.55. The monoisotopic (exact) mass is 217 g/mol. The molecule has 1 aromatic carbocycles. The van der Waals surface area contributed by atoms with Crippen molar-refractivity contribution >= 4 is 0 Å². The molecule has 0 saturated heterocycles. The Balaban J connectivity index is 2.29. The number of ether oxygens (including phenoxy) is 2. The van der Waals surface area contributed by atoms with Crippen molar-refractivity contribution in [3.8, 4) is 11.5 Å². The number of methoxy groups -OCH3 is 2. The van der Waals surface area contributed by atoms with Gasteiger partial charge in [-0.25, -0.2) is 0 Å². The summed E-state index contributed by atoms with van der Waals surface area (Å²) in [5.41, 5.74) is 2.31. The van der Waals surface area contributed by atoms with Gasteiger partial charge in [-0.1, -0.05) is 12.2 Å². The zero-order valence-electron chi connectivity index (χ0n) is 9.70. The van der Waals surface area contributed by atoms with Crippen LogP contribution in [0.15, 0.2) is 24.3 Å². The third-order valence-electron chi connectivity index (χ3n) is 3.51. The molecule has 2 atom stereocenters. The highest BCUT2D eigenvalue weighted by Crippen LogP contribution is 2.51. The lowest BCUT2D eigenvalue weighted by Gasteiger charge is -2.23. The minimum absolute atomic E-state index is 0.111. The Bertz CT molecular complexity index is 481. The SMILES string of the molecule is COc1ccc(OC)c2c1C1C=CC2(C)N1. The summed E-state index contributed by atoms with van der Waals surface area (Å²) in [5.74, 6) is 1.86. The maximum absolute atomic E-state index is 5.44. The highest BCUT2D eigenvalue weighted by atomic mass is 16.5. The molecule has 0 saturated carbocycles. The second kappa shape index (κ2) is 3.01. The minimum Gasteiger partial charge on any atom is -0.496 e. The molecule has 2 bridgehead atoms. The number of fused-ring (bicyclic) bond motifs is 5. The third-order valence-corrected chi connectivity index (χ3v) is 3.51. The van der Waals surface area contributed by atoms with Crippen LogP contribution in [-0.2, 0) is 5.54 Å². The van der Waals surface area contributed by atoms with Crippen molar-refractivity contribution in [2.75, 3.05) is 14.2 Å². The molecule has 2 aliphatic rings. The molecular formula is C13H15NO2. The Morgan fingerprint density at radius 1 is 1.19 bits per heavy atom. The first-order valence-corrected chi connectivity index (χ1v) is 5.42. The van der Waals surface area contributed by atoms with Gasteiger partial charge in [0.15, 0.2) is 0 Å². The van der Waals surface area contributed by atoms with Gasteiger partial charge >= 0.3 is 0 Å². The smallest absolute Gasteiger partial charge is 0.124 e. The Kier molecular flexibility index (Phi) is 1.83. The number of rotatable bonds is 2. The quantitative estimate of drug-likeness (QED) is 0.770. The van der Waals surface area contributed by atoms with E-state index in [-0.39, 0.29) is 11.6 Å². The maximum Gasteiger partial charge on any atom is 0.124 e. The fourth-order valence-electron chi connectivity index (χ4n) is 2.80. The fourth-order valence-corrected chi connectivity index (χ4v) is 2.80. The number of benzene rings is 1. The van der Waals surface area contributed by atoms with E-state index >= 15 is 0 Å². The summed E-state index contributed by atoms with van der Waals surface area (Å²) in [6.07, 6.45) is 4.38. The molecule has 1 N–H and O–H groups in total. The first kappa shape index (κ1) is 9.73. The molecule has 2 heterocycles. The fraction of sp³-hybridized carbons (Fsp3) is 0.385. The molecule has 3 rings (SSSR count). The van der Waals surface area contributed by atoms with Gasteiger partial charge in [-0.05, 0) is 19.1 Å². The molecule has 0 radical (unpaired) electrons. The van der Waals surface area contributed by atoms with Crippen LogP contribution in [0, 0.1) is 0 Å². The molecule has 0 fully saturated rings. The summed E-state index contributed by atoms with van der Waals surface area (Å²) >= 11 is 0. The Labute approximate surface area is 95.1 Å². The lowest BCUT2D eigenvalue weighted by Crippen LogP contribution is -2.28. The summed E-state index contributed by atoms with van der Waals surface area (Å²) in [4.78, 5) is 0. The Morgan fingerprint density at radius 2 is 1.88 bits per heavy atom. The van der Waals surface area contributed by atoms with Gasteiger partial charge in [-0.2, -0.15) is 0 Å². The van der Waals surface area contributed by atoms with Crippen LogP contribution in [0.4, 0.5) is 0 Å². The van der Waals surface area contributed by atoms with Crippen molar-refractivity contribution in [1.29, 1.82) is 0 Å². The zero-order chi connectivity index (χ0) is 11.3. The van der Waals surface area contributed by atoms with Crippen molar-refractivity contribution in [3.63, 3.8) is 0 Å². The van der Waals surface area contributed by atoms with Crippen molar-refractivity contribution in [2.45, 2.75) is 18.5 Å². The van der Waals surface area contributed by atoms with Crippen LogP contribution in [0.5, 0.6) is 11.5 Å². The van der Waals surface area contributed by atoms with Crippen molar-refractivity contribution in [3.05, 3.63) is 35.4 Å². The van der Waals surface area contributed by atoms with E-state index in [0.717, 1.165) is 11.5 Å². The molecule has 3 heteroatoms. The van der Waals surface area contributed by atoms with Gasteiger partial charge in [0, 0.05) is 11.1 Å². The molecule has 2 aliphatic heterocycles. The summed E-state index contributed by atoms with van der Waals surface area (Å²) < 4.78 is 10.9. The van der Waals surface area contributed by atoms with E-state index in [1.54, 1.807) is 14.2 Å². The number of nitrogens with one attached hydrogen (secondary N) is 1. The van der Waals surface area contributed by atoms with Crippen LogP contribution >= 0.6 is 0 Å². The van der Waals surface area contributed by atoms with Crippen LogP contribution < -0.4 is 14.8 Å². The molecular weight excluding hydrogens is 202 g/mol. The lowest BCUT2D eigenvalue weighted by atomic mass is 9.87. The Morgan fingerprint density at radius 3 is 2.56 bits per heavy atom. The topological polar surface area (TPSA) is 30.5 Å².